The molecule has 1 aliphatic heterocycles. The van der Waals surface area contributed by atoms with Gasteiger partial charge in [-0.15, -0.1) is 0 Å². The molecular weight excluding hydrogens is 196 g/mol. The lowest BCUT2D eigenvalue weighted by Gasteiger charge is -2.17. The Labute approximate surface area is 102 Å². The van der Waals surface area contributed by atoms with Gasteiger partial charge in [0, 0.05) is 19.1 Å². The maximum atomic E-state index is 3.56. The van der Waals surface area contributed by atoms with E-state index in [0.29, 0.717) is 6.04 Å². The lowest BCUT2D eigenvalue weighted by Crippen LogP contribution is -2.28. The monoisotopic (exact) mass is 226 g/mol. The molecule has 0 bridgehead atoms. The van der Waals surface area contributed by atoms with Crippen LogP contribution in [-0.4, -0.2) is 37.1 Å². The number of rotatable bonds is 7. The molecule has 2 heteroatoms. The van der Waals surface area contributed by atoms with E-state index in [4.69, 9.17) is 0 Å². The van der Waals surface area contributed by atoms with Crippen LogP contribution in [0, 0.1) is 11.8 Å². The highest BCUT2D eigenvalue weighted by atomic mass is 15.1. The fourth-order valence-corrected chi connectivity index (χ4v) is 2.55. The van der Waals surface area contributed by atoms with Crippen LogP contribution < -0.4 is 5.32 Å². The molecule has 0 spiro atoms. The number of hydrogen-bond acceptors (Lipinski definition) is 2. The highest BCUT2D eigenvalue weighted by molar-refractivity contribution is 4.78. The molecule has 0 aliphatic carbocycles. The van der Waals surface area contributed by atoms with Crippen molar-refractivity contribution in [2.24, 2.45) is 11.8 Å². The van der Waals surface area contributed by atoms with E-state index in [-0.39, 0.29) is 0 Å². The van der Waals surface area contributed by atoms with E-state index in [2.05, 4.69) is 37.9 Å². The van der Waals surface area contributed by atoms with Crippen molar-refractivity contribution in [1.29, 1.82) is 0 Å². The summed E-state index contributed by atoms with van der Waals surface area (Å²) in [5.41, 5.74) is 0. The molecular formula is C14H30N2. The zero-order valence-electron chi connectivity index (χ0n) is 11.6. The predicted molar refractivity (Wildman–Crippen MR) is 71.8 cm³/mol. The van der Waals surface area contributed by atoms with Crippen molar-refractivity contribution in [3.05, 3.63) is 0 Å². The molecule has 16 heavy (non-hydrogen) atoms. The van der Waals surface area contributed by atoms with Crippen molar-refractivity contribution in [3.63, 3.8) is 0 Å². The van der Waals surface area contributed by atoms with Crippen LogP contribution in [0.1, 0.15) is 47.0 Å². The molecule has 1 N–H and O–H groups in total. The highest BCUT2D eigenvalue weighted by Crippen LogP contribution is 2.22. The normalized spacial score (nSPS) is 28.5. The van der Waals surface area contributed by atoms with Crippen molar-refractivity contribution >= 4 is 0 Å². The Hall–Kier alpha value is -0.0800. The fraction of sp³-hybridized carbons (Fsp3) is 1.00. The van der Waals surface area contributed by atoms with Crippen LogP contribution >= 0.6 is 0 Å². The Balaban J connectivity index is 2.03. The highest BCUT2D eigenvalue weighted by Gasteiger charge is 2.25. The SMILES string of the molecule is CCCNC(C)CCCN1CC(C)C(C)C1. The van der Waals surface area contributed by atoms with Crippen molar-refractivity contribution < 1.29 is 0 Å². The number of nitrogens with zero attached hydrogens (tertiary/aromatic N) is 1. The van der Waals surface area contributed by atoms with E-state index < -0.39 is 0 Å². The summed E-state index contributed by atoms with van der Waals surface area (Å²) in [7, 11) is 0. The van der Waals surface area contributed by atoms with E-state index in [0.717, 1.165) is 11.8 Å². The Morgan fingerprint density at radius 2 is 1.88 bits per heavy atom. The average Bonchev–Trinajstić information content (AvgIpc) is 2.55. The van der Waals surface area contributed by atoms with Gasteiger partial charge in [0.1, 0.15) is 0 Å². The minimum atomic E-state index is 0.692. The third-order valence-corrected chi connectivity index (χ3v) is 3.92. The molecule has 0 saturated carbocycles. The molecule has 1 fully saturated rings. The van der Waals surface area contributed by atoms with Crippen molar-refractivity contribution in [2.75, 3.05) is 26.2 Å². The molecule has 0 aromatic rings. The first-order chi connectivity index (χ1) is 7.63. The van der Waals surface area contributed by atoms with Gasteiger partial charge in [-0.25, -0.2) is 0 Å². The maximum Gasteiger partial charge on any atom is 0.00391 e. The van der Waals surface area contributed by atoms with Crippen LogP contribution in [0.4, 0.5) is 0 Å². The van der Waals surface area contributed by atoms with Gasteiger partial charge >= 0.3 is 0 Å². The molecule has 3 atom stereocenters. The van der Waals surface area contributed by atoms with Gasteiger partial charge < -0.3 is 10.2 Å². The smallest absolute Gasteiger partial charge is 0.00391 e. The fourth-order valence-electron chi connectivity index (χ4n) is 2.55. The third-order valence-electron chi connectivity index (χ3n) is 3.92. The topological polar surface area (TPSA) is 15.3 Å². The van der Waals surface area contributed by atoms with Gasteiger partial charge in [0.25, 0.3) is 0 Å². The summed E-state index contributed by atoms with van der Waals surface area (Å²) < 4.78 is 0. The van der Waals surface area contributed by atoms with E-state index in [1.165, 1.54) is 45.4 Å². The van der Waals surface area contributed by atoms with Crippen LogP contribution in [0.25, 0.3) is 0 Å². The summed E-state index contributed by atoms with van der Waals surface area (Å²) in [4.78, 5) is 2.64. The summed E-state index contributed by atoms with van der Waals surface area (Å²) >= 11 is 0. The van der Waals surface area contributed by atoms with Gasteiger partial charge in [0.05, 0.1) is 0 Å². The molecule has 0 aromatic carbocycles. The Bertz CT molecular complexity index is 172. The molecule has 0 aromatic heterocycles. The Kier molecular flexibility index (Phi) is 6.37. The lowest BCUT2D eigenvalue weighted by molar-refractivity contribution is 0.308. The van der Waals surface area contributed by atoms with E-state index in [1.54, 1.807) is 0 Å². The van der Waals surface area contributed by atoms with E-state index in [9.17, 15) is 0 Å². The maximum absolute atomic E-state index is 3.56. The molecule has 1 rings (SSSR count). The van der Waals surface area contributed by atoms with Crippen molar-refractivity contribution in [1.82, 2.24) is 10.2 Å². The van der Waals surface area contributed by atoms with Crippen LogP contribution in [-0.2, 0) is 0 Å². The summed E-state index contributed by atoms with van der Waals surface area (Å²) in [5.74, 6) is 1.80. The Morgan fingerprint density at radius 1 is 1.25 bits per heavy atom. The zero-order chi connectivity index (χ0) is 12.0. The molecule has 1 saturated heterocycles. The summed E-state index contributed by atoms with van der Waals surface area (Å²) in [5, 5.41) is 3.56. The first-order valence-corrected chi connectivity index (χ1v) is 7.09. The molecule has 0 radical (unpaired) electrons. The van der Waals surface area contributed by atoms with Gasteiger partial charge in [0.15, 0.2) is 0 Å². The second-order valence-corrected chi connectivity index (χ2v) is 5.71. The number of hydrogen-bond donors (Lipinski definition) is 1. The van der Waals surface area contributed by atoms with Gasteiger partial charge in [-0.05, 0) is 51.1 Å². The first-order valence-electron chi connectivity index (χ1n) is 7.09. The average molecular weight is 226 g/mol. The van der Waals surface area contributed by atoms with Gasteiger partial charge in [-0.3, -0.25) is 0 Å². The van der Waals surface area contributed by atoms with Gasteiger partial charge in [-0.1, -0.05) is 20.8 Å². The van der Waals surface area contributed by atoms with Crippen LogP contribution in [0.5, 0.6) is 0 Å². The third kappa shape index (κ3) is 4.84. The summed E-state index contributed by atoms with van der Waals surface area (Å²) in [6, 6.07) is 0.692. The molecule has 3 unspecified atom stereocenters. The van der Waals surface area contributed by atoms with E-state index >= 15 is 0 Å². The lowest BCUT2D eigenvalue weighted by atomic mass is 10.0. The largest absolute Gasteiger partial charge is 0.314 e. The molecule has 0 amide bonds. The Morgan fingerprint density at radius 3 is 2.44 bits per heavy atom. The second kappa shape index (κ2) is 7.29. The quantitative estimate of drug-likeness (QED) is 0.718. The molecule has 2 nitrogen and oxygen atoms in total. The van der Waals surface area contributed by atoms with E-state index in [1.807, 2.05) is 0 Å². The van der Waals surface area contributed by atoms with Crippen LogP contribution in [0.3, 0.4) is 0 Å². The minimum Gasteiger partial charge on any atom is -0.314 e. The van der Waals surface area contributed by atoms with Crippen LogP contribution in [0.15, 0.2) is 0 Å². The van der Waals surface area contributed by atoms with Gasteiger partial charge in [-0.2, -0.15) is 0 Å². The first kappa shape index (κ1) is 14.0. The molecule has 1 aliphatic rings. The number of nitrogens with one attached hydrogen (secondary N) is 1. The zero-order valence-corrected chi connectivity index (χ0v) is 11.6. The predicted octanol–water partition coefficient (Wildman–Crippen LogP) is 2.74. The summed E-state index contributed by atoms with van der Waals surface area (Å²) in [6.07, 6.45) is 3.90. The van der Waals surface area contributed by atoms with Crippen molar-refractivity contribution in [2.45, 2.75) is 53.0 Å². The number of likely N-dealkylation sites (tertiary alicyclic amines) is 1. The van der Waals surface area contributed by atoms with Crippen LogP contribution in [0.2, 0.25) is 0 Å². The second-order valence-electron chi connectivity index (χ2n) is 5.71. The van der Waals surface area contributed by atoms with Gasteiger partial charge in [0.2, 0.25) is 0 Å². The molecule has 96 valence electrons. The molecule has 1 heterocycles. The minimum absolute atomic E-state index is 0.692. The standard InChI is InChI=1S/C14H30N2/c1-5-8-15-14(4)7-6-9-16-10-12(2)13(3)11-16/h12-15H,5-11H2,1-4H3. The summed E-state index contributed by atoms with van der Waals surface area (Å²) in [6.45, 7) is 14.4. The van der Waals surface area contributed by atoms with Crippen molar-refractivity contribution in [3.8, 4) is 0 Å².